The third kappa shape index (κ3) is 3.91. The minimum absolute atomic E-state index is 0.0321. The number of anilines is 1. The van der Waals surface area contributed by atoms with E-state index in [-0.39, 0.29) is 28.4 Å². The van der Waals surface area contributed by atoms with Gasteiger partial charge in [-0.25, -0.2) is 16.8 Å². The Kier molecular flexibility index (Phi) is 4.66. The number of carbonyl (C=O) groups is 1. The molecule has 25 heavy (non-hydrogen) atoms. The van der Waals surface area contributed by atoms with Gasteiger partial charge in [-0.1, -0.05) is 24.3 Å². The smallest absolute Gasteiger partial charge is 0.255 e. The molecule has 6 nitrogen and oxygen atoms in total. The summed E-state index contributed by atoms with van der Waals surface area (Å²) in [6.07, 6.45) is 0.0884. The lowest BCUT2D eigenvalue weighted by Gasteiger charge is -2.11. The normalized spacial score (nSPS) is 19.4. The van der Waals surface area contributed by atoms with E-state index in [4.69, 9.17) is 0 Å². The van der Waals surface area contributed by atoms with Crippen LogP contribution in [0.15, 0.2) is 59.5 Å². The van der Waals surface area contributed by atoms with Crippen LogP contribution in [0.1, 0.15) is 16.8 Å². The summed E-state index contributed by atoms with van der Waals surface area (Å²) < 4.78 is 48.5. The van der Waals surface area contributed by atoms with Crippen molar-refractivity contribution >= 4 is 31.3 Å². The lowest BCUT2D eigenvalue weighted by molar-refractivity contribution is 0.102. The molecule has 1 saturated heterocycles. The minimum atomic E-state index is -3.80. The largest absolute Gasteiger partial charge is 0.322 e. The Morgan fingerprint density at radius 3 is 2.40 bits per heavy atom. The van der Waals surface area contributed by atoms with Gasteiger partial charge < -0.3 is 5.32 Å². The summed E-state index contributed by atoms with van der Waals surface area (Å²) in [5, 5.41) is 1.74. The molecule has 0 aliphatic carbocycles. The zero-order chi connectivity index (χ0) is 18.1. The molecular formula is C17H17NO5S2. The van der Waals surface area contributed by atoms with Gasteiger partial charge in [0, 0.05) is 11.3 Å². The third-order valence-electron chi connectivity index (χ3n) is 4.09. The van der Waals surface area contributed by atoms with Crippen molar-refractivity contribution in [1.29, 1.82) is 0 Å². The van der Waals surface area contributed by atoms with Crippen LogP contribution < -0.4 is 5.32 Å². The maximum Gasteiger partial charge on any atom is 0.255 e. The monoisotopic (exact) mass is 379 g/mol. The fourth-order valence-corrected chi connectivity index (χ4v) is 7.14. The molecular weight excluding hydrogens is 362 g/mol. The zero-order valence-electron chi connectivity index (χ0n) is 13.3. The van der Waals surface area contributed by atoms with Crippen LogP contribution in [-0.4, -0.2) is 39.5 Å². The van der Waals surface area contributed by atoms with Crippen molar-refractivity contribution < 1.29 is 21.6 Å². The SMILES string of the molecule is O=C(Nc1ccccc1)c1cccc(S(=O)(=O)[C@H]2CCS(=O)(=O)C2)c1. The van der Waals surface area contributed by atoms with E-state index in [2.05, 4.69) is 5.32 Å². The zero-order valence-corrected chi connectivity index (χ0v) is 14.9. The van der Waals surface area contributed by atoms with E-state index in [1.54, 1.807) is 24.3 Å². The van der Waals surface area contributed by atoms with Crippen molar-refractivity contribution in [3.8, 4) is 0 Å². The maximum absolute atomic E-state index is 12.7. The average molecular weight is 379 g/mol. The highest BCUT2D eigenvalue weighted by molar-refractivity contribution is 7.96. The average Bonchev–Trinajstić information content (AvgIpc) is 2.96. The van der Waals surface area contributed by atoms with Gasteiger partial charge in [0.05, 0.1) is 21.7 Å². The summed E-state index contributed by atoms with van der Waals surface area (Å²) in [4.78, 5) is 12.3. The first kappa shape index (κ1) is 17.6. The number of carbonyl (C=O) groups excluding carboxylic acids is 1. The van der Waals surface area contributed by atoms with E-state index in [1.807, 2.05) is 6.07 Å². The Morgan fingerprint density at radius 1 is 1.04 bits per heavy atom. The number of hydrogen-bond acceptors (Lipinski definition) is 5. The lowest BCUT2D eigenvalue weighted by atomic mass is 10.2. The molecule has 0 unspecified atom stereocenters. The molecule has 132 valence electrons. The molecule has 0 aromatic heterocycles. The summed E-state index contributed by atoms with van der Waals surface area (Å²) >= 11 is 0. The van der Waals surface area contributed by atoms with Crippen molar-refractivity contribution in [2.24, 2.45) is 0 Å². The quantitative estimate of drug-likeness (QED) is 0.875. The van der Waals surface area contributed by atoms with Crippen LogP contribution in [0.5, 0.6) is 0 Å². The van der Waals surface area contributed by atoms with Gasteiger partial charge >= 0.3 is 0 Å². The van der Waals surface area contributed by atoms with Crippen LogP contribution in [0.3, 0.4) is 0 Å². The molecule has 0 radical (unpaired) electrons. The third-order valence-corrected chi connectivity index (χ3v) is 8.26. The lowest BCUT2D eigenvalue weighted by Crippen LogP contribution is -2.23. The van der Waals surface area contributed by atoms with E-state index in [9.17, 15) is 21.6 Å². The first-order valence-corrected chi connectivity index (χ1v) is 11.1. The first-order chi connectivity index (χ1) is 11.8. The molecule has 1 aliphatic heterocycles. The number of rotatable bonds is 4. The Morgan fingerprint density at radius 2 is 1.76 bits per heavy atom. The van der Waals surface area contributed by atoms with Crippen molar-refractivity contribution in [3.63, 3.8) is 0 Å². The second-order valence-corrected chi connectivity index (χ2v) is 10.4. The first-order valence-electron chi connectivity index (χ1n) is 7.69. The van der Waals surface area contributed by atoms with Gasteiger partial charge in [0.25, 0.3) is 5.91 Å². The second-order valence-electron chi connectivity index (χ2n) is 5.92. The molecule has 3 rings (SSSR count). The van der Waals surface area contributed by atoms with Gasteiger partial charge in [-0.3, -0.25) is 4.79 Å². The molecule has 1 N–H and O–H groups in total. The second kappa shape index (κ2) is 6.61. The molecule has 1 amide bonds. The summed E-state index contributed by atoms with van der Waals surface area (Å²) in [7, 11) is -7.11. The summed E-state index contributed by atoms with van der Waals surface area (Å²) in [6, 6.07) is 14.5. The fourth-order valence-electron chi connectivity index (χ4n) is 2.74. The predicted molar refractivity (Wildman–Crippen MR) is 95.1 cm³/mol. The van der Waals surface area contributed by atoms with Crippen LogP contribution in [0.4, 0.5) is 5.69 Å². The molecule has 8 heteroatoms. The van der Waals surface area contributed by atoms with Crippen LogP contribution in [-0.2, 0) is 19.7 Å². The molecule has 0 saturated carbocycles. The number of amides is 1. The van der Waals surface area contributed by atoms with Crippen molar-refractivity contribution in [3.05, 3.63) is 60.2 Å². The van der Waals surface area contributed by atoms with Gasteiger partial charge in [-0.05, 0) is 36.8 Å². The maximum atomic E-state index is 12.7. The number of para-hydroxylation sites is 1. The van der Waals surface area contributed by atoms with Crippen LogP contribution >= 0.6 is 0 Å². The summed E-state index contributed by atoms with van der Waals surface area (Å²) in [5.74, 6) is -0.914. The Hall–Kier alpha value is -2.19. The number of sulfone groups is 2. The predicted octanol–water partition coefficient (Wildman–Crippen LogP) is 1.90. The number of nitrogens with one attached hydrogen (secondary N) is 1. The number of benzene rings is 2. The van der Waals surface area contributed by atoms with Gasteiger partial charge in [0.1, 0.15) is 0 Å². The van der Waals surface area contributed by atoms with Gasteiger partial charge in [-0.15, -0.1) is 0 Å². The summed E-state index contributed by atoms with van der Waals surface area (Å²) in [6.45, 7) is 0. The topological polar surface area (TPSA) is 97.4 Å². The van der Waals surface area contributed by atoms with Gasteiger partial charge in [0.2, 0.25) is 0 Å². The van der Waals surface area contributed by atoms with Crippen molar-refractivity contribution in [2.45, 2.75) is 16.6 Å². The van der Waals surface area contributed by atoms with E-state index in [1.165, 1.54) is 24.3 Å². The highest BCUT2D eigenvalue weighted by Crippen LogP contribution is 2.26. The van der Waals surface area contributed by atoms with E-state index in [0.717, 1.165) is 0 Å². The molecule has 1 fully saturated rings. The van der Waals surface area contributed by atoms with Gasteiger partial charge in [-0.2, -0.15) is 0 Å². The molecule has 1 atom stereocenters. The minimum Gasteiger partial charge on any atom is -0.322 e. The summed E-state index contributed by atoms with van der Waals surface area (Å²) in [5.41, 5.74) is 0.799. The Labute approximate surface area is 146 Å². The van der Waals surface area contributed by atoms with Crippen LogP contribution in [0, 0.1) is 0 Å². The molecule has 1 heterocycles. The Balaban J connectivity index is 1.85. The molecule has 0 spiro atoms. The molecule has 1 aliphatic rings. The van der Waals surface area contributed by atoms with Crippen molar-refractivity contribution in [1.82, 2.24) is 0 Å². The number of hydrogen-bond donors (Lipinski definition) is 1. The molecule has 2 aromatic rings. The molecule has 2 aromatic carbocycles. The molecule has 0 bridgehead atoms. The Bertz CT molecular complexity index is 998. The van der Waals surface area contributed by atoms with E-state index < -0.39 is 30.8 Å². The van der Waals surface area contributed by atoms with Crippen LogP contribution in [0.25, 0.3) is 0 Å². The van der Waals surface area contributed by atoms with E-state index in [0.29, 0.717) is 5.69 Å². The van der Waals surface area contributed by atoms with E-state index >= 15 is 0 Å². The van der Waals surface area contributed by atoms with Crippen molar-refractivity contribution in [2.75, 3.05) is 16.8 Å². The van der Waals surface area contributed by atoms with Crippen LogP contribution in [0.2, 0.25) is 0 Å². The van der Waals surface area contributed by atoms with Gasteiger partial charge in [0.15, 0.2) is 19.7 Å². The highest BCUT2D eigenvalue weighted by atomic mass is 32.2. The fraction of sp³-hybridized carbons (Fsp3) is 0.235. The highest BCUT2D eigenvalue weighted by Gasteiger charge is 2.38. The standard InChI is InChI=1S/C17H17NO5S2/c19-17(18-14-6-2-1-3-7-14)13-5-4-8-15(11-13)25(22,23)16-9-10-24(20,21)12-16/h1-8,11,16H,9-10,12H2,(H,18,19)/t16-/m0/s1.